The van der Waals surface area contributed by atoms with Gasteiger partial charge >= 0.3 is 0 Å². The molecule has 0 bridgehead atoms. The van der Waals surface area contributed by atoms with Crippen molar-refractivity contribution >= 4 is 0 Å². The number of nitrogens with one attached hydrogen (secondary N) is 1. The molecule has 2 aliphatic rings. The molecule has 2 atom stereocenters. The van der Waals surface area contributed by atoms with Gasteiger partial charge in [-0.25, -0.2) is 0 Å². The molecule has 4 heteroatoms. The quantitative estimate of drug-likeness (QED) is 0.710. The van der Waals surface area contributed by atoms with Crippen LogP contribution in [-0.4, -0.2) is 50.7 Å². The van der Waals surface area contributed by atoms with Gasteiger partial charge in [0.1, 0.15) is 0 Å². The Labute approximate surface area is 129 Å². The summed E-state index contributed by atoms with van der Waals surface area (Å²) < 4.78 is 17.5. The zero-order valence-electron chi connectivity index (χ0n) is 13.9. The second-order valence-corrected chi connectivity index (χ2v) is 6.29. The summed E-state index contributed by atoms with van der Waals surface area (Å²) in [7, 11) is 0. The number of ether oxygens (including phenoxy) is 3. The molecule has 0 radical (unpaired) electrons. The van der Waals surface area contributed by atoms with Crippen LogP contribution in [-0.2, 0) is 14.2 Å². The predicted octanol–water partition coefficient (Wildman–Crippen LogP) is 2.90. The smallest absolute Gasteiger partial charge is 0.0878 e. The van der Waals surface area contributed by atoms with Gasteiger partial charge in [-0.2, -0.15) is 0 Å². The Balaban J connectivity index is 1.87. The predicted molar refractivity (Wildman–Crippen MR) is 84.7 cm³/mol. The van der Waals surface area contributed by atoms with Crippen LogP contribution >= 0.6 is 0 Å². The lowest BCUT2D eigenvalue weighted by atomic mass is 9.83. The van der Waals surface area contributed by atoms with E-state index in [0.29, 0.717) is 12.1 Å². The molecule has 0 spiro atoms. The van der Waals surface area contributed by atoms with Gasteiger partial charge in [0.25, 0.3) is 0 Å². The van der Waals surface area contributed by atoms with Gasteiger partial charge in [-0.3, -0.25) is 0 Å². The van der Waals surface area contributed by atoms with Gasteiger partial charge in [-0.1, -0.05) is 6.92 Å². The summed E-state index contributed by atoms with van der Waals surface area (Å²) in [5.74, 6) is 0. The fraction of sp³-hybridized carbons (Fsp3) is 1.00. The van der Waals surface area contributed by atoms with Gasteiger partial charge < -0.3 is 19.5 Å². The van der Waals surface area contributed by atoms with E-state index in [2.05, 4.69) is 19.2 Å². The van der Waals surface area contributed by atoms with Crippen molar-refractivity contribution in [2.45, 2.75) is 76.5 Å². The van der Waals surface area contributed by atoms with E-state index in [-0.39, 0.29) is 5.60 Å². The van der Waals surface area contributed by atoms with Crippen molar-refractivity contribution in [1.29, 1.82) is 0 Å². The summed E-state index contributed by atoms with van der Waals surface area (Å²) in [6.45, 7) is 8.69. The molecule has 0 aromatic rings. The Kier molecular flexibility index (Phi) is 7.44. The monoisotopic (exact) mass is 299 g/mol. The van der Waals surface area contributed by atoms with E-state index in [1.165, 1.54) is 32.1 Å². The molecule has 0 aromatic carbocycles. The summed E-state index contributed by atoms with van der Waals surface area (Å²) in [5.41, 5.74) is -0.0282. The molecule has 124 valence electrons. The van der Waals surface area contributed by atoms with Crippen molar-refractivity contribution in [3.8, 4) is 0 Å². The van der Waals surface area contributed by atoms with Gasteiger partial charge in [-0.15, -0.1) is 0 Å². The van der Waals surface area contributed by atoms with E-state index in [1.54, 1.807) is 0 Å². The first-order valence-corrected chi connectivity index (χ1v) is 8.87. The van der Waals surface area contributed by atoms with Gasteiger partial charge in [-0.05, 0) is 45.6 Å². The van der Waals surface area contributed by atoms with Crippen LogP contribution in [0.5, 0.6) is 0 Å². The van der Waals surface area contributed by atoms with E-state index in [4.69, 9.17) is 14.2 Å². The zero-order chi connectivity index (χ0) is 15.0. The van der Waals surface area contributed by atoms with Crippen LogP contribution in [0, 0.1) is 0 Å². The molecule has 0 aromatic heterocycles. The molecule has 2 rings (SSSR count). The third kappa shape index (κ3) is 4.92. The zero-order valence-corrected chi connectivity index (χ0v) is 13.9. The van der Waals surface area contributed by atoms with Crippen LogP contribution in [0.4, 0.5) is 0 Å². The SMILES string of the molecule is CCNC(CCCC1CCCO1)C1(OCC)CCOCC1. The maximum atomic E-state index is 6.23. The number of rotatable bonds is 9. The Bertz CT molecular complexity index is 268. The summed E-state index contributed by atoms with van der Waals surface area (Å²) >= 11 is 0. The number of hydrogen-bond donors (Lipinski definition) is 1. The Morgan fingerprint density at radius 2 is 2.05 bits per heavy atom. The summed E-state index contributed by atoms with van der Waals surface area (Å²) in [4.78, 5) is 0. The van der Waals surface area contributed by atoms with Gasteiger partial charge in [0, 0.05) is 45.3 Å². The Hall–Kier alpha value is -0.160. The molecule has 2 fully saturated rings. The lowest BCUT2D eigenvalue weighted by Gasteiger charge is -2.43. The molecule has 2 saturated heterocycles. The summed E-state index contributed by atoms with van der Waals surface area (Å²) in [6, 6.07) is 0.438. The van der Waals surface area contributed by atoms with Crippen LogP contribution in [0.2, 0.25) is 0 Å². The number of likely N-dealkylation sites (N-methyl/N-ethyl adjacent to an activating group) is 1. The lowest BCUT2D eigenvalue weighted by Crippen LogP contribution is -2.55. The van der Waals surface area contributed by atoms with Crippen LogP contribution in [0.3, 0.4) is 0 Å². The van der Waals surface area contributed by atoms with Gasteiger partial charge in [0.05, 0.1) is 11.7 Å². The van der Waals surface area contributed by atoms with Gasteiger partial charge in [0.15, 0.2) is 0 Å². The minimum atomic E-state index is -0.0282. The molecular formula is C17H33NO3. The van der Waals surface area contributed by atoms with Crippen molar-refractivity contribution in [3.05, 3.63) is 0 Å². The minimum Gasteiger partial charge on any atom is -0.381 e. The highest BCUT2D eigenvalue weighted by atomic mass is 16.5. The maximum Gasteiger partial charge on any atom is 0.0878 e. The van der Waals surface area contributed by atoms with E-state index >= 15 is 0 Å². The second-order valence-electron chi connectivity index (χ2n) is 6.29. The van der Waals surface area contributed by atoms with E-state index in [0.717, 1.165) is 45.8 Å². The fourth-order valence-electron chi connectivity index (χ4n) is 3.82. The van der Waals surface area contributed by atoms with E-state index in [9.17, 15) is 0 Å². The van der Waals surface area contributed by atoms with Crippen molar-refractivity contribution in [2.75, 3.05) is 33.0 Å². The number of hydrogen-bond acceptors (Lipinski definition) is 4. The van der Waals surface area contributed by atoms with Crippen LogP contribution < -0.4 is 5.32 Å². The Morgan fingerprint density at radius 1 is 1.24 bits per heavy atom. The van der Waals surface area contributed by atoms with Gasteiger partial charge in [0.2, 0.25) is 0 Å². The highest BCUT2D eigenvalue weighted by molar-refractivity contribution is 4.95. The third-order valence-corrected chi connectivity index (χ3v) is 4.90. The molecular weight excluding hydrogens is 266 g/mol. The fourth-order valence-corrected chi connectivity index (χ4v) is 3.82. The topological polar surface area (TPSA) is 39.7 Å². The molecule has 0 saturated carbocycles. The molecule has 0 aliphatic carbocycles. The summed E-state index contributed by atoms with van der Waals surface area (Å²) in [5, 5.41) is 3.68. The highest BCUT2D eigenvalue weighted by Gasteiger charge is 2.40. The molecule has 0 amide bonds. The van der Waals surface area contributed by atoms with Crippen LogP contribution in [0.1, 0.15) is 58.8 Å². The lowest BCUT2D eigenvalue weighted by molar-refractivity contribution is -0.128. The average Bonchev–Trinajstić information content (AvgIpc) is 3.01. The van der Waals surface area contributed by atoms with Crippen molar-refractivity contribution in [2.24, 2.45) is 0 Å². The first-order valence-electron chi connectivity index (χ1n) is 8.87. The molecule has 2 unspecified atom stereocenters. The first kappa shape index (κ1) is 17.2. The standard InChI is InChI=1S/C17H33NO3/c1-3-18-16(9-5-7-15-8-6-12-20-15)17(21-4-2)10-13-19-14-11-17/h15-16,18H,3-14H2,1-2H3. The van der Waals surface area contributed by atoms with E-state index in [1.807, 2.05) is 0 Å². The molecule has 4 nitrogen and oxygen atoms in total. The largest absolute Gasteiger partial charge is 0.381 e. The normalized spacial score (nSPS) is 26.9. The van der Waals surface area contributed by atoms with Crippen LogP contribution in [0.15, 0.2) is 0 Å². The van der Waals surface area contributed by atoms with E-state index < -0.39 is 0 Å². The second kappa shape index (κ2) is 9.09. The van der Waals surface area contributed by atoms with Crippen molar-refractivity contribution < 1.29 is 14.2 Å². The van der Waals surface area contributed by atoms with Crippen LogP contribution in [0.25, 0.3) is 0 Å². The third-order valence-electron chi connectivity index (χ3n) is 4.90. The van der Waals surface area contributed by atoms with Crippen molar-refractivity contribution in [1.82, 2.24) is 5.32 Å². The maximum absolute atomic E-state index is 6.23. The molecule has 21 heavy (non-hydrogen) atoms. The summed E-state index contributed by atoms with van der Waals surface area (Å²) in [6.07, 6.45) is 8.60. The minimum absolute atomic E-state index is 0.0282. The van der Waals surface area contributed by atoms with Crippen molar-refractivity contribution in [3.63, 3.8) is 0 Å². The highest BCUT2D eigenvalue weighted by Crippen LogP contribution is 2.32. The first-order chi connectivity index (χ1) is 10.3. The average molecular weight is 299 g/mol. The molecule has 1 N–H and O–H groups in total. The molecule has 2 aliphatic heterocycles. The Morgan fingerprint density at radius 3 is 2.67 bits per heavy atom. The molecule has 2 heterocycles.